The smallest absolute Gasteiger partial charge is 0.294 e. The topological polar surface area (TPSA) is 63.6 Å². The molecule has 0 aromatic heterocycles. The van der Waals surface area contributed by atoms with Gasteiger partial charge in [0.25, 0.3) is 10.1 Å². The lowest BCUT2D eigenvalue weighted by molar-refractivity contribution is 0.0192. The first-order valence-electron chi connectivity index (χ1n) is 4.40. The molecule has 0 saturated heterocycles. The number of rotatable bonds is 3. The molecular formula is C10H14O4S. The Hall–Kier alpha value is -0.910. The molecule has 1 N–H and O–H groups in total. The number of benzene rings is 1. The molecule has 0 spiro atoms. The third kappa shape index (κ3) is 2.77. The Balaban J connectivity index is 3.12. The fourth-order valence-corrected chi connectivity index (χ4v) is 1.63. The molecule has 0 radical (unpaired) electrons. The molecule has 4 nitrogen and oxygen atoms in total. The predicted octanol–water partition coefficient (Wildman–Crippen LogP) is 1.81. The Kier molecular flexibility index (Phi) is 3.18. The van der Waals surface area contributed by atoms with Crippen LogP contribution in [0.5, 0.6) is 0 Å². The van der Waals surface area contributed by atoms with Crippen molar-refractivity contribution >= 4 is 10.1 Å². The molecule has 0 heterocycles. The van der Waals surface area contributed by atoms with Crippen LogP contribution in [-0.2, 0) is 20.5 Å². The van der Waals surface area contributed by atoms with E-state index in [0.717, 1.165) is 5.56 Å². The summed E-state index contributed by atoms with van der Waals surface area (Å²) in [5.74, 6) is 0. The molecule has 0 amide bonds. The average molecular weight is 230 g/mol. The van der Waals surface area contributed by atoms with Crippen molar-refractivity contribution in [3.05, 3.63) is 29.8 Å². The SMILES string of the molecule is COC(C)(C)c1ccc(S(=O)(=O)O)cc1. The number of ether oxygens (including phenoxy) is 1. The van der Waals surface area contributed by atoms with Crippen LogP contribution in [0.2, 0.25) is 0 Å². The third-order valence-corrected chi connectivity index (χ3v) is 3.23. The molecule has 0 atom stereocenters. The molecule has 0 aliphatic carbocycles. The van der Waals surface area contributed by atoms with Crippen LogP contribution in [0.4, 0.5) is 0 Å². The van der Waals surface area contributed by atoms with Crippen molar-refractivity contribution in [1.82, 2.24) is 0 Å². The Labute approximate surface area is 89.6 Å². The Morgan fingerprint density at radius 1 is 1.20 bits per heavy atom. The third-order valence-electron chi connectivity index (χ3n) is 2.36. The summed E-state index contributed by atoms with van der Waals surface area (Å²) in [6.07, 6.45) is 0. The number of methoxy groups -OCH3 is 1. The molecular weight excluding hydrogens is 216 g/mol. The van der Waals surface area contributed by atoms with Gasteiger partial charge in [-0.3, -0.25) is 4.55 Å². The second-order valence-electron chi connectivity index (χ2n) is 3.71. The molecule has 0 fully saturated rings. The Morgan fingerprint density at radius 2 is 1.67 bits per heavy atom. The maximum atomic E-state index is 10.8. The van der Waals surface area contributed by atoms with Gasteiger partial charge in [-0.2, -0.15) is 8.42 Å². The second kappa shape index (κ2) is 3.92. The summed E-state index contributed by atoms with van der Waals surface area (Å²) < 4.78 is 35.6. The quantitative estimate of drug-likeness (QED) is 0.804. The van der Waals surface area contributed by atoms with Gasteiger partial charge in [0.05, 0.1) is 10.5 Å². The van der Waals surface area contributed by atoms with Gasteiger partial charge < -0.3 is 4.74 Å². The summed E-state index contributed by atoms with van der Waals surface area (Å²) in [6.45, 7) is 3.74. The molecule has 5 heteroatoms. The fraction of sp³-hybridized carbons (Fsp3) is 0.400. The minimum atomic E-state index is -4.11. The summed E-state index contributed by atoms with van der Waals surface area (Å²) >= 11 is 0. The lowest BCUT2D eigenvalue weighted by Crippen LogP contribution is -2.19. The minimum absolute atomic E-state index is 0.113. The van der Waals surface area contributed by atoms with E-state index < -0.39 is 15.7 Å². The molecule has 0 unspecified atom stereocenters. The first-order valence-corrected chi connectivity index (χ1v) is 5.84. The van der Waals surface area contributed by atoms with E-state index in [0.29, 0.717) is 0 Å². The van der Waals surface area contributed by atoms with Crippen LogP contribution in [0.1, 0.15) is 19.4 Å². The summed E-state index contributed by atoms with van der Waals surface area (Å²) in [5.41, 5.74) is 0.370. The summed E-state index contributed by atoms with van der Waals surface area (Å²) in [6, 6.07) is 5.94. The van der Waals surface area contributed by atoms with Crippen molar-refractivity contribution in [3.8, 4) is 0 Å². The first-order chi connectivity index (χ1) is 6.77. The van der Waals surface area contributed by atoms with Crippen LogP contribution in [0.3, 0.4) is 0 Å². The molecule has 1 aromatic rings. The van der Waals surface area contributed by atoms with E-state index in [-0.39, 0.29) is 4.90 Å². The molecule has 0 aliphatic heterocycles. The van der Waals surface area contributed by atoms with Crippen LogP contribution in [0, 0.1) is 0 Å². The summed E-state index contributed by atoms with van der Waals surface area (Å²) in [5, 5.41) is 0. The van der Waals surface area contributed by atoms with Crippen LogP contribution in [-0.4, -0.2) is 20.1 Å². The highest BCUT2D eigenvalue weighted by Gasteiger charge is 2.20. The van der Waals surface area contributed by atoms with Gasteiger partial charge in [-0.05, 0) is 31.5 Å². The minimum Gasteiger partial charge on any atom is -0.374 e. The molecule has 0 bridgehead atoms. The zero-order valence-electron chi connectivity index (χ0n) is 8.89. The average Bonchev–Trinajstić information content (AvgIpc) is 2.17. The van der Waals surface area contributed by atoms with E-state index >= 15 is 0 Å². The van der Waals surface area contributed by atoms with Crippen molar-refractivity contribution in [2.24, 2.45) is 0 Å². The van der Waals surface area contributed by atoms with E-state index in [2.05, 4.69) is 0 Å². The van der Waals surface area contributed by atoms with Crippen molar-refractivity contribution in [3.63, 3.8) is 0 Å². The summed E-state index contributed by atoms with van der Waals surface area (Å²) in [7, 11) is -2.53. The highest BCUT2D eigenvalue weighted by Crippen LogP contribution is 2.24. The molecule has 1 aromatic carbocycles. The number of hydrogen-bond donors (Lipinski definition) is 1. The van der Waals surface area contributed by atoms with Crippen molar-refractivity contribution in [1.29, 1.82) is 0 Å². The monoisotopic (exact) mass is 230 g/mol. The standard InChI is InChI=1S/C10H14O4S/c1-10(2,14-3)8-4-6-9(7-5-8)15(11,12)13/h4-7H,1-3H3,(H,11,12,13). The lowest BCUT2D eigenvalue weighted by Gasteiger charge is -2.23. The largest absolute Gasteiger partial charge is 0.374 e. The molecule has 0 aliphatic rings. The van der Waals surface area contributed by atoms with Gasteiger partial charge in [0.15, 0.2) is 0 Å². The maximum absolute atomic E-state index is 10.8. The van der Waals surface area contributed by atoms with Gasteiger partial charge >= 0.3 is 0 Å². The zero-order valence-corrected chi connectivity index (χ0v) is 9.71. The van der Waals surface area contributed by atoms with Crippen LogP contribution in [0.15, 0.2) is 29.2 Å². The van der Waals surface area contributed by atoms with Gasteiger partial charge in [0.1, 0.15) is 0 Å². The Morgan fingerprint density at radius 3 is 2.00 bits per heavy atom. The van der Waals surface area contributed by atoms with Crippen LogP contribution >= 0.6 is 0 Å². The predicted molar refractivity (Wildman–Crippen MR) is 56.3 cm³/mol. The van der Waals surface area contributed by atoms with Crippen molar-refractivity contribution in [2.45, 2.75) is 24.3 Å². The van der Waals surface area contributed by atoms with Crippen molar-refractivity contribution in [2.75, 3.05) is 7.11 Å². The van der Waals surface area contributed by atoms with E-state index in [4.69, 9.17) is 9.29 Å². The van der Waals surface area contributed by atoms with Crippen molar-refractivity contribution < 1.29 is 17.7 Å². The highest BCUT2D eigenvalue weighted by molar-refractivity contribution is 7.85. The second-order valence-corrected chi connectivity index (χ2v) is 5.14. The normalized spacial score (nSPS) is 12.8. The maximum Gasteiger partial charge on any atom is 0.294 e. The van der Waals surface area contributed by atoms with Gasteiger partial charge in [0.2, 0.25) is 0 Å². The van der Waals surface area contributed by atoms with Gasteiger partial charge in [-0.1, -0.05) is 12.1 Å². The van der Waals surface area contributed by atoms with Gasteiger partial charge in [-0.25, -0.2) is 0 Å². The van der Waals surface area contributed by atoms with Crippen LogP contribution in [0.25, 0.3) is 0 Å². The van der Waals surface area contributed by atoms with E-state index in [9.17, 15) is 8.42 Å². The summed E-state index contributed by atoms with van der Waals surface area (Å²) in [4.78, 5) is -0.113. The highest BCUT2D eigenvalue weighted by atomic mass is 32.2. The lowest BCUT2D eigenvalue weighted by atomic mass is 9.98. The molecule has 15 heavy (non-hydrogen) atoms. The van der Waals surface area contributed by atoms with E-state index in [1.807, 2.05) is 13.8 Å². The van der Waals surface area contributed by atoms with Crippen LogP contribution < -0.4 is 0 Å². The first kappa shape index (κ1) is 12.2. The molecule has 0 saturated carbocycles. The van der Waals surface area contributed by atoms with E-state index in [1.165, 1.54) is 12.1 Å². The zero-order chi connectivity index (χ0) is 11.7. The fourth-order valence-electron chi connectivity index (χ4n) is 1.15. The molecule has 1 rings (SSSR count). The van der Waals surface area contributed by atoms with Gasteiger partial charge in [0, 0.05) is 7.11 Å². The number of hydrogen-bond acceptors (Lipinski definition) is 3. The van der Waals surface area contributed by atoms with Gasteiger partial charge in [-0.15, -0.1) is 0 Å². The molecule has 84 valence electrons. The van der Waals surface area contributed by atoms with E-state index in [1.54, 1.807) is 19.2 Å². The Bertz CT molecular complexity index is 431.